The zero-order valence-electron chi connectivity index (χ0n) is 10.5. The first-order valence-electron chi connectivity index (χ1n) is 6.10. The zero-order valence-corrected chi connectivity index (χ0v) is 12.9. The minimum atomic E-state index is -3.82. The molecular weight excluding hydrogens is 335 g/mol. The van der Waals surface area contributed by atoms with Crippen LogP contribution in [0.3, 0.4) is 0 Å². The summed E-state index contributed by atoms with van der Waals surface area (Å²) in [5.74, 6) is -0.753. The first-order chi connectivity index (χ1) is 8.90. The fourth-order valence-corrected chi connectivity index (χ4v) is 4.09. The summed E-state index contributed by atoms with van der Waals surface area (Å²) in [4.78, 5) is -0.312. The molecule has 1 saturated heterocycles. The average molecular weight is 351 g/mol. The smallest absolute Gasteiger partial charge is 0.243 e. The van der Waals surface area contributed by atoms with E-state index in [1.165, 1.54) is 18.2 Å². The second-order valence-electron chi connectivity index (χ2n) is 4.75. The number of nitrogens with one attached hydrogen (secondary N) is 2. The summed E-state index contributed by atoms with van der Waals surface area (Å²) in [6.07, 6.45) is 1.41. The van der Waals surface area contributed by atoms with Crippen molar-refractivity contribution in [2.24, 2.45) is 0 Å². The lowest BCUT2D eigenvalue weighted by molar-refractivity contribution is 0.361. The lowest BCUT2D eigenvalue weighted by Crippen LogP contribution is -2.46. The van der Waals surface area contributed by atoms with Gasteiger partial charge in [0, 0.05) is 12.1 Å². The minimum absolute atomic E-state index is 0.147. The van der Waals surface area contributed by atoms with Gasteiger partial charge in [0.05, 0.1) is 4.47 Å². The molecule has 106 valence electrons. The molecule has 4 nitrogen and oxygen atoms in total. The van der Waals surface area contributed by atoms with Crippen molar-refractivity contribution in [2.75, 3.05) is 6.54 Å². The van der Waals surface area contributed by atoms with Gasteiger partial charge in [-0.1, -0.05) is 6.07 Å². The highest BCUT2D eigenvalue weighted by molar-refractivity contribution is 9.10. The van der Waals surface area contributed by atoms with Crippen molar-refractivity contribution in [1.29, 1.82) is 0 Å². The van der Waals surface area contributed by atoms with Gasteiger partial charge in [-0.2, -0.15) is 0 Å². The largest absolute Gasteiger partial charge is 0.314 e. The molecule has 1 fully saturated rings. The zero-order chi connectivity index (χ0) is 14.0. The van der Waals surface area contributed by atoms with Gasteiger partial charge in [-0.3, -0.25) is 0 Å². The molecule has 2 atom stereocenters. The number of rotatable bonds is 3. The van der Waals surface area contributed by atoms with Crippen molar-refractivity contribution in [1.82, 2.24) is 10.0 Å². The highest BCUT2D eigenvalue weighted by Crippen LogP contribution is 2.23. The van der Waals surface area contributed by atoms with Crippen LogP contribution in [0, 0.1) is 5.82 Å². The number of piperidine rings is 1. The maximum Gasteiger partial charge on any atom is 0.243 e. The molecule has 2 N–H and O–H groups in total. The summed E-state index contributed by atoms with van der Waals surface area (Å²) >= 11 is 3.00. The third-order valence-corrected chi connectivity index (χ3v) is 5.30. The molecule has 0 bridgehead atoms. The topological polar surface area (TPSA) is 58.2 Å². The van der Waals surface area contributed by atoms with Crippen LogP contribution in [0.1, 0.15) is 19.8 Å². The van der Waals surface area contributed by atoms with Gasteiger partial charge in [0.15, 0.2) is 5.82 Å². The summed E-state index contributed by atoms with van der Waals surface area (Å²) in [7, 11) is -3.82. The average Bonchev–Trinajstić information content (AvgIpc) is 2.32. The van der Waals surface area contributed by atoms with E-state index in [2.05, 4.69) is 26.0 Å². The van der Waals surface area contributed by atoms with Crippen molar-refractivity contribution >= 4 is 26.0 Å². The molecule has 1 heterocycles. The minimum Gasteiger partial charge on any atom is -0.314 e. The van der Waals surface area contributed by atoms with Crippen molar-refractivity contribution in [2.45, 2.75) is 36.7 Å². The molecule has 1 aliphatic heterocycles. The van der Waals surface area contributed by atoms with Gasteiger partial charge >= 0.3 is 0 Å². The van der Waals surface area contributed by atoms with E-state index < -0.39 is 15.8 Å². The van der Waals surface area contributed by atoms with E-state index in [1.807, 2.05) is 6.92 Å². The van der Waals surface area contributed by atoms with E-state index >= 15 is 0 Å². The molecule has 0 aliphatic carbocycles. The van der Waals surface area contributed by atoms with E-state index in [9.17, 15) is 12.8 Å². The second-order valence-corrected chi connectivity index (χ2v) is 7.29. The van der Waals surface area contributed by atoms with Crippen molar-refractivity contribution in [3.8, 4) is 0 Å². The van der Waals surface area contributed by atoms with E-state index in [0.29, 0.717) is 12.8 Å². The van der Waals surface area contributed by atoms with Crippen LogP contribution in [-0.2, 0) is 10.0 Å². The predicted molar refractivity (Wildman–Crippen MR) is 74.9 cm³/mol. The van der Waals surface area contributed by atoms with Gasteiger partial charge in [0.2, 0.25) is 10.0 Å². The lowest BCUT2D eigenvalue weighted by atomic mass is 10.0. The normalized spacial score (nSPS) is 24.4. The van der Waals surface area contributed by atoms with E-state index in [4.69, 9.17) is 0 Å². The Hall–Kier alpha value is -0.500. The number of sulfonamides is 1. The number of benzene rings is 1. The molecule has 7 heteroatoms. The van der Waals surface area contributed by atoms with Crippen molar-refractivity contribution < 1.29 is 12.8 Å². The first kappa shape index (κ1) is 14.9. The maximum absolute atomic E-state index is 13.8. The Morgan fingerprint density at radius 1 is 1.47 bits per heavy atom. The van der Waals surface area contributed by atoms with E-state index in [1.54, 1.807) is 0 Å². The summed E-state index contributed by atoms with van der Waals surface area (Å²) in [5.41, 5.74) is 0. The second kappa shape index (κ2) is 5.87. The maximum atomic E-state index is 13.8. The Balaban J connectivity index is 2.20. The fraction of sp³-hybridized carbons (Fsp3) is 0.500. The molecule has 0 aromatic heterocycles. The number of hydrogen-bond acceptors (Lipinski definition) is 3. The van der Waals surface area contributed by atoms with Gasteiger partial charge in [-0.25, -0.2) is 17.5 Å². The van der Waals surface area contributed by atoms with Gasteiger partial charge in [0.1, 0.15) is 4.90 Å². The summed E-state index contributed by atoms with van der Waals surface area (Å²) in [6, 6.07) is 4.36. The van der Waals surface area contributed by atoms with Crippen LogP contribution in [0.15, 0.2) is 27.6 Å². The van der Waals surface area contributed by atoms with Crippen molar-refractivity contribution in [3.05, 3.63) is 28.5 Å². The third kappa shape index (κ3) is 3.53. The van der Waals surface area contributed by atoms with E-state index in [-0.39, 0.29) is 21.5 Å². The Kier molecular flexibility index (Phi) is 4.60. The SMILES string of the molecule is CC1CC(NS(=O)(=O)c2cccc(Br)c2F)CCN1. The summed E-state index contributed by atoms with van der Waals surface area (Å²) in [6.45, 7) is 2.76. The van der Waals surface area contributed by atoms with Crippen LogP contribution in [0.25, 0.3) is 0 Å². The van der Waals surface area contributed by atoms with Gasteiger partial charge in [0.25, 0.3) is 0 Å². The van der Waals surface area contributed by atoms with E-state index in [0.717, 1.165) is 6.54 Å². The van der Waals surface area contributed by atoms with Crippen LogP contribution < -0.4 is 10.0 Å². The molecule has 19 heavy (non-hydrogen) atoms. The van der Waals surface area contributed by atoms with Crippen LogP contribution in [0.2, 0.25) is 0 Å². The van der Waals surface area contributed by atoms with Crippen molar-refractivity contribution in [3.63, 3.8) is 0 Å². The van der Waals surface area contributed by atoms with Gasteiger partial charge in [-0.15, -0.1) is 0 Å². The summed E-state index contributed by atoms with van der Waals surface area (Å²) < 4.78 is 41.0. The Labute approximate surface area is 121 Å². The highest BCUT2D eigenvalue weighted by atomic mass is 79.9. The summed E-state index contributed by atoms with van der Waals surface area (Å²) in [5, 5.41) is 3.24. The molecule has 2 unspecified atom stereocenters. The Morgan fingerprint density at radius 3 is 2.89 bits per heavy atom. The number of hydrogen-bond donors (Lipinski definition) is 2. The van der Waals surface area contributed by atoms with Gasteiger partial charge < -0.3 is 5.32 Å². The molecule has 1 aromatic carbocycles. The highest BCUT2D eigenvalue weighted by Gasteiger charge is 2.26. The number of halogens is 2. The molecule has 1 aliphatic rings. The molecule has 2 rings (SSSR count). The molecule has 0 amide bonds. The molecular formula is C12H16BrFN2O2S. The molecule has 0 saturated carbocycles. The predicted octanol–water partition coefficient (Wildman–Crippen LogP) is 2.01. The van der Waals surface area contributed by atoms with Crippen LogP contribution in [0.4, 0.5) is 4.39 Å². The quantitative estimate of drug-likeness (QED) is 0.876. The Morgan fingerprint density at radius 2 is 2.21 bits per heavy atom. The van der Waals surface area contributed by atoms with Crippen LogP contribution in [0.5, 0.6) is 0 Å². The fourth-order valence-electron chi connectivity index (χ4n) is 2.21. The first-order valence-corrected chi connectivity index (χ1v) is 8.37. The third-order valence-electron chi connectivity index (χ3n) is 3.15. The standard InChI is InChI=1S/C12H16BrFN2O2S/c1-8-7-9(5-6-15-8)16-19(17,18)11-4-2-3-10(13)12(11)14/h2-4,8-9,15-16H,5-7H2,1H3. The Bertz CT molecular complexity index is 565. The monoisotopic (exact) mass is 350 g/mol. The molecule has 0 radical (unpaired) electrons. The molecule has 0 spiro atoms. The molecule has 1 aromatic rings. The van der Waals surface area contributed by atoms with Crippen LogP contribution >= 0.6 is 15.9 Å². The van der Waals surface area contributed by atoms with Gasteiger partial charge in [-0.05, 0) is 54.4 Å². The van der Waals surface area contributed by atoms with Crippen LogP contribution in [-0.4, -0.2) is 27.0 Å². The lowest BCUT2D eigenvalue weighted by Gasteiger charge is -2.28.